The van der Waals surface area contributed by atoms with E-state index in [-0.39, 0.29) is 19.4 Å². The zero-order chi connectivity index (χ0) is 20.4. The molecule has 2 aromatic carbocycles. The van der Waals surface area contributed by atoms with Crippen LogP contribution in [-0.4, -0.2) is 10.5 Å². The van der Waals surface area contributed by atoms with Crippen LogP contribution in [0.1, 0.15) is 12.8 Å². The molecule has 1 amide bonds. The van der Waals surface area contributed by atoms with Crippen LogP contribution >= 0.6 is 0 Å². The fourth-order valence-corrected chi connectivity index (χ4v) is 2.53. The minimum absolute atomic E-state index is 0.117. The Balaban J connectivity index is 1.60. The van der Waals surface area contributed by atoms with E-state index in [9.17, 15) is 31.5 Å². The Morgan fingerprint density at radius 2 is 1.57 bits per heavy atom. The van der Waals surface area contributed by atoms with Gasteiger partial charge < -0.3 is 4.42 Å². The van der Waals surface area contributed by atoms with E-state index in [4.69, 9.17) is 4.42 Å². The van der Waals surface area contributed by atoms with Crippen molar-refractivity contribution in [3.63, 3.8) is 0 Å². The second kappa shape index (κ2) is 7.71. The fourth-order valence-electron chi connectivity index (χ4n) is 2.53. The normalized spacial score (nSPS) is 11.0. The number of amides is 1. The first-order valence-corrected chi connectivity index (χ1v) is 7.96. The van der Waals surface area contributed by atoms with Crippen molar-refractivity contribution < 1.29 is 31.2 Å². The van der Waals surface area contributed by atoms with E-state index in [1.807, 2.05) is 5.43 Å². The quantitative estimate of drug-likeness (QED) is 0.288. The molecule has 0 aliphatic rings. The zero-order valence-electron chi connectivity index (χ0n) is 14.0. The molecule has 3 rings (SSSR count). The highest BCUT2D eigenvalue weighted by atomic mass is 19.2. The number of carbonyl (C=O) groups is 1. The number of aryl methyl sites for hydroxylation is 1. The Hall–Kier alpha value is -3.37. The van der Waals surface area contributed by atoms with Crippen molar-refractivity contribution >= 4 is 22.7 Å². The second-order valence-corrected chi connectivity index (χ2v) is 5.71. The summed E-state index contributed by atoms with van der Waals surface area (Å²) in [5.74, 6) is -12.2. The van der Waals surface area contributed by atoms with E-state index in [2.05, 4.69) is 0 Å². The fraction of sp³-hybridized carbons (Fsp3) is 0.176. The largest absolute Gasteiger partial charge is 0.419 e. The Bertz CT molecular complexity index is 1080. The van der Waals surface area contributed by atoms with Gasteiger partial charge in [-0.25, -0.2) is 26.7 Å². The van der Waals surface area contributed by atoms with E-state index in [1.165, 1.54) is 4.57 Å². The molecule has 0 radical (unpaired) electrons. The number of fused-ring (bicyclic) bond motifs is 1. The molecular weight excluding hydrogens is 389 g/mol. The molecule has 0 fully saturated rings. The van der Waals surface area contributed by atoms with Crippen LogP contribution in [0.2, 0.25) is 0 Å². The van der Waals surface area contributed by atoms with Crippen molar-refractivity contribution in [1.82, 2.24) is 9.99 Å². The van der Waals surface area contributed by atoms with Gasteiger partial charge in [0.1, 0.15) is 5.69 Å². The third-order valence-electron chi connectivity index (χ3n) is 3.90. The molecule has 0 bridgehead atoms. The van der Waals surface area contributed by atoms with Crippen LogP contribution in [0, 0.1) is 29.1 Å². The molecule has 3 aromatic rings. The Labute approximate surface area is 153 Å². The highest BCUT2D eigenvalue weighted by Crippen LogP contribution is 2.26. The molecule has 28 heavy (non-hydrogen) atoms. The average molecular weight is 401 g/mol. The number of nitrogens with one attached hydrogen (secondary N) is 2. The monoisotopic (exact) mass is 401 g/mol. The molecule has 0 atom stereocenters. The van der Waals surface area contributed by atoms with Crippen LogP contribution in [0.4, 0.5) is 27.6 Å². The predicted molar refractivity (Wildman–Crippen MR) is 87.7 cm³/mol. The van der Waals surface area contributed by atoms with Gasteiger partial charge in [0.05, 0.1) is 5.52 Å². The number of carbonyl (C=O) groups excluding carboxylic acids is 1. The number of hydrogen-bond donors (Lipinski definition) is 2. The molecule has 148 valence electrons. The summed E-state index contributed by atoms with van der Waals surface area (Å²) in [6, 6.07) is 6.65. The van der Waals surface area contributed by atoms with Gasteiger partial charge in [-0.3, -0.25) is 20.2 Å². The number of rotatable bonds is 6. The van der Waals surface area contributed by atoms with E-state index in [0.717, 1.165) is 0 Å². The summed E-state index contributed by atoms with van der Waals surface area (Å²) in [7, 11) is 0. The maximum Gasteiger partial charge on any atom is 0.419 e. The van der Waals surface area contributed by atoms with E-state index >= 15 is 0 Å². The van der Waals surface area contributed by atoms with Gasteiger partial charge in [0, 0.05) is 13.0 Å². The molecule has 1 aromatic heterocycles. The zero-order valence-corrected chi connectivity index (χ0v) is 14.0. The number of halogens is 5. The predicted octanol–water partition coefficient (Wildman–Crippen LogP) is 3.21. The number of oxazole rings is 1. The number of benzene rings is 2. The first kappa shape index (κ1) is 19.4. The number of hydrazine groups is 1. The number of aromatic nitrogens is 1. The highest BCUT2D eigenvalue weighted by molar-refractivity contribution is 5.77. The molecule has 0 saturated carbocycles. The van der Waals surface area contributed by atoms with Gasteiger partial charge in [-0.1, -0.05) is 12.1 Å². The Morgan fingerprint density at radius 1 is 0.964 bits per heavy atom. The minimum atomic E-state index is -2.30. The molecule has 2 N–H and O–H groups in total. The molecule has 11 heteroatoms. The van der Waals surface area contributed by atoms with Crippen molar-refractivity contribution in [3.8, 4) is 0 Å². The Morgan fingerprint density at radius 3 is 2.25 bits per heavy atom. The lowest BCUT2D eigenvalue weighted by Crippen LogP contribution is -2.31. The van der Waals surface area contributed by atoms with Crippen LogP contribution in [0.25, 0.3) is 11.1 Å². The van der Waals surface area contributed by atoms with Crippen molar-refractivity contribution in [2.24, 2.45) is 0 Å². The maximum atomic E-state index is 13.5. The maximum absolute atomic E-state index is 13.5. The van der Waals surface area contributed by atoms with Crippen LogP contribution < -0.4 is 16.6 Å². The molecule has 0 saturated heterocycles. The van der Waals surface area contributed by atoms with Gasteiger partial charge in [-0.15, -0.1) is 0 Å². The molecular formula is C17H12F5N3O3. The number of hydrogen-bond acceptors (Lipinski definition) is 4. The summed E-state index contributed by atoms with van der Waals surface area (Å²) in [5.41, 5.74) is 3.08. The highest BCUT2D eigenvalue weighted by Gasteiger charge is 2.26. The summed E-state index contributed by atoms with van der Waals surface area (Å²) >= 11 is 0. The molecule has 0 spiro atoms. The van der Waals surface area contributed by atoms with Crippen molar-refractivity contribution in [2.75, 3.05) is 5.43 Å². The van der Waals surface area contributed by atoms with Gasteiger partial charge in [0.15, 0.2) is 28.9 Å². The Kier molecular flexibility index (Phi) is 5.34. The lowest BCUT2D eigenvalue weighted by atomic mass is 10.2. The van der Waals surface area contributed by atoms with Crippen molar-refractivity contribution in [1.29, 1.82) is 0 Å². The third kappa shape index (κ3) is 3.55. The summed E-state index contributed by atoms with van der Waals surface area (Å²) in [6.45, 7) is 0.117. The standard InChI is InChI=1S/C17H12F5N3O3/c18-11-12(19)14(21)16(15(22)13(11)20)24-23-10(26)6-3-7-25-8-4-1-2-5-9(8)28-17(25)27/h1-2,4-5,24H,3,6-7H2,(H,23,26). The lowest BCUT2D eigenvalue weighted by molar-refractivity contribution is -0.120. The topological polar surface area (TPSA) is 76.3 Å². The summed E-state index contributed by atoms with van der Waals surface area (Å²) in [5, 5.41) is 0. The van der Waals surface area contributed by atoms with Crippen LogP contribution in [0.3, 0.4) is 0 Å². The molecule has 1 heterocycles. The van der Waals surface area contributed by atoms with Gasteiger partial charge in [-0.05, 0) is 18.6 Å². The lowest BCUT2D eigenvalue weighted by Gasteiger charge is -2.12. The SMILES string of the molecule is O=C(CCCn1c(=O)oc2ccccc21)NNc1c(F)c(F)c(F)c(F)c1F. The number of para-hydroxylation sites is 2. The molecule has 0 aliphatic heterocycles. The van der Waals surface area contributed by atoms with Crippen molar-refractivity contribution in [3.05, 3.63) is 63.9 Å². The molecule has 0 aliphatic carbocycles. The summed E-state index contributed by atoms with van der Waals surface area (Å²) < 4.78 is 72.5. The number of anilines is 1. The molecule has 0 unspecified atom stereocenters. The smallest absolute Gasteiger partial charge is 0.408 e. The average Bonchev–Trinajstić information content (AvgIpc) is 3.00. The van der Waals surface area contributed by atoms with Crippen LogP contribution in [0.15, 0.2) is 33.5 Å². The summed E-state index contributed by atoms with van der Waals surface area (Å²) in [4.78, 5) is 23.6. The number of nitrogens with zero attached hydrogens (tertiary/aromatic N) is 1. The van der Waals surface area contributed by atoms with Gasteiger partial charge in [0.25, 0.3) is 0 Å². The van der Waals surface area contributed by atoms with Crippen LogP contribution in [0.5, 0.6) is 0 Å². The first-order valence-electron chi connectivity index (χ1n) is 7.96. The first-order chi connectivity index (χ1) is 13.3. The molecule has 6 nitrogen and oxygen atoms in total. The van der Waals surface area contributed by atoms with Crippen molar-refractivity contribution in [2.45, 2.75) is 19.4 Å². The van der Waals surface area contributed by atoms with Crippen LogP contribution in [-0.2, 0) is 11.3 Å². The van der Waals surface area contributed by atoms with Gasteiger partial charge in [0.2, 0.25) is 11.7 Å². The third-order valence-corrected chi connectivity index (χ3v) is 3.90. The van der Waals surface area contributed by atoms with E-state index < -0.39 is 46.4 Å². The summed E-state index contributed by atoms with van der Waals surface area (Å²) in [6.07, 6.45) is -0.0532. The second-order valence-electron chi connectivity index (χ2n) is 5.71. The van der Waals surface area contributed by atoms with Gasteiger partial charge >= 0.3 is 5.76 Å². The minimum Gasteiger partial charge on any atom is -0.408 e. The van der Waals surface area contributed by atoms with Gasteiger partial charge in [-0.2, -0.15) is 0 Å². The van der Waals surface area contributed by atoms with E-state index in [1.54, 1.807) is 29.7 Å². The van der Waals surface area contributed by atoms with E-state index in [0.29, 0.717) is 11.1 Å².